The molecule has 4 nitrogen and oxygen atoms in total. The van der Waals surface area contributed by atoms with Gasteiger partial charge in [0.25, 0.3) is 5.91 Å². The summed E-state index contributed by atoms with van der Waals surface area (Å²) >= 11 is 5.89. The van der Waals surface area contributed by atoms with Crippen molar-refractivity contribution in [3.05, 3.63) is 28.8 Å². The van der Waals surface area contributed by atoms with E-state index >= 15 is 0 Å². The van der Waals surface area contributed by atoms with E-state index in [2.05, 4.69) is 11.4 Å². The lowest BCUT2D eigenvalue weighted by molar-refractivity contribution is 0.0926. The number of carbonyl (C=O) groups is 1. The number of amides is 1. The summed E-state index contributed by atoms with van der Waals surface area (Å²) in [5, 5.41) is 12.7. The maximum Gasteiger partial charge on any atom is 0.256 e. The Hall–Kier alpha value is -1.73. The largest absolute Gasteiger partial charge is 0.496 e. The molecule has 0 heterocycles. The van der Waals surface area contributed by atoms with Crippen LogP contribution in [-0.2, 0) is 0 Å². The van der Waals surface area contributed by atoms with E-state index in [0.717, 1.165) is 25.7 Å². The molecule has 1 aromatic rings. The number of halogens is 1. The molecule has 1 aromatic carbocycles. The molecule has 0 spiro atoms. The van der Waals surface area contributed by atoms with Gasteiger partial charge in [0.2, 0.25) is 0 Å². The van der Waals surface area contributed by atoms with E-state index < -0.39 is 6.04 Å². The molecule has 112 valence electrons. The second kappa shape index (κ2) is 7.33. The smallest absolute Gasteiger partial charge is 0.256 e. The van der Waals surface area contributed by atoms with E-state index in [-0.39, 0.29) is 11.8 Å². The zero-order valence-corrected chi connectivity index (χ0v) is 12.8. The summed E-state index contributed by atoms with van der Waals surface area (Å²) in [5.41, 5.74) is 0.401. The van der Waals surface area contributed by atoms with Crippen molar-refractivity contribution < 1.29 is 9.53 Å². The third-order valence-corrected chi connectivity index (χ3v) is 4.19. The fraction of sp³-hybridized carbons (Fsp3) is 0.500. The molecule has 1 amide bonds. The highest BCUT2D eigenvalue weighted by Crippen LogP contribution is 2.27. The molecule has 0 saturated heterocycles. The lowest BCUT2D eigenvalue weighted by Gasteiger charge is -2.26. The second-order valence-corrected chi connectivity index (χ2v) is 5.76. The molecular formula is C16H19ClN2O2. The minimum atomic E-state index is -0.446. The van der Waals surface area contributed by atoms with E-state index in [1.165, 1.54) is 13.5 Å². The maximum absolute atomic E-state index is 12.4. The Bertz CT molecular complexity index is 548. The normalized spacial score (nSPS) is 16.8. The number of ether oxygens (including phenoxy) is 1. The summed E-state index contributed by atoms with van der Waals surface area (Å²) < 4.78 is 5.18. The number of benzene rings is 1. The van der Waals surface area contributed by atoms with E-state index in [0.29, 0.717) is 16.3 Å². The Morgan fingerprint density at radius 2 is 2.14 bits per heavy atom. The van der Waals surface area contributed by atoms with Gasteiger partial charge in [-0.3, -0.25) is 4.79 Å². The molecule has 0 aliphatic heterocycles. The SMILES string of the molecule is COc1cc(Cl)ccc1C(=O)NC(C#N)C1CCCCC1. The van der Waals surface area contributed by atoms with Crippen LogP contribution in [0.1, 0.15) is 42.5 Å². The van der Waals surface area contributed by atoms with Crippen molar-refractivity contribution in [2.45, 2.75) is 38.1 Å². The van der Waals surface area contributed by atoms with Crippen LogP contribution in [0.25, 0.3) is 0 Å². The lowest BCUT2D eigenvalue weighted by Crippen LogP contribution is -2.40. The van der Waals surface area contributed by atoms with Crippen LogP contribution in [0.15, 0.2) is 18.2 Å². The average Bonchev–Trinajstić information content (AvgIpc) is 2.53. The number of rotatable bonds is 4. The number of nitrogens with one attached hydrogen (secondary N) is 1. The minimum absolute atomic E-state index is 0.242. The molecule has 0 aromatic heterocycles. The summed E-state index contributed by atoms with van der Waals surface area (Å²) in [6.45, 7) is 0. The highest BCUT2D eigenvalue weighted by Gasteiger charge is 2.26. The van der Waals surface area contributed by atoms with Crippen LogP contribution in [0.3, 0.4) is 0 Å². The van der Waals surface area contributed by atoms with Crippen LogP contribution in [0, 0.1) is 17.2 Å². The van der Waals surface area contributed by atoms with Crippen LogP contribution in [0.5, 0.6) is 5.75 Å². The van der Waals surface area contributed by atoms with E-state index in [1.807, 2.05) is 0 Å². The van der Waals surface area contributed by atoms with E-state index in [4.69, 9.17) is 16.3 Å². The molecule has 21 heavy (non-hydrogen) atoms. The monoisotopic (exact) mass is 306 g/mol. The molecule has 1 fully saturated rings. The third kappa shape index (κ3) is 3.89. The standard InChI is InChI=1S/C16H19ClN2O2/c1-21-15-9-12(17)7-8-13(15)16(20)19-14(10-18)11-5-3-2-4-6-11/h7-9,11,14H,2-6H2,1H3,(H,19,20). The highest BCUT2D eigenvalue weighted by molar-refractivity contribution is 6.30. The lowest BCUT2D eigenvalue weighted by atomic mass is 9.84. The fourth-order valence-electron chi connectivity index (χ4n) is 2.79. The highest BCUT2D eigenvalue weighted by atomic mass is 35.5. The Kier molecular flexibility index (Phi) is 5.46. The number of nitrogens with zero attached hydrogens (tertiary/aromatic N) is 1. The number of nitriles is 1. The van der Waals surface area contributed by atoms with Gasteiger partial charge in [0.15, 0.2) is 0 Å². The van der Waals surface area contributed by atoms with Crippen LogP contribution < -0.4 is 10.1 Å². The number of hydrogen-bond acceptors (Lipinski definition) is 3. The zero-order chi connectivity index (χ0) is 15.2. The molecule has 1 atom stereocenters. The predicted molar refractivity (Wildman–Crippen MR) is 81.4 cm³/mol. The van der Waals surface area contributed by atoms with Crippen molar-refractivity contribution in [2.75, 3.05) is 7.11 Å². The van der Waals surface area contributed by atoms with Crippen LogP contribution in [-0.4, -0.2) is 19.1 Å². The van der Waals surface area contributed by atoms with Gasteiger partial charge >= 0.3 is 0 Å². The Morgan fingerprint density at radius 3 is 2.76 bits per heavy atom. The minimum Gasteiger partial charge on any atom is -0.496 e. The quantitative estimate of drug-likeness (QED) is 0.925. The molecule has 0 radical (unpaired) electrons. The third-order valence-electron chi connectivity index (χ3n) is 3.96. The molecule has 1 N–H and O–H groups in total. The van der Waals surface area contributed by atoms with Crippen molar-refractivity contribution in [3.8, 4) is 11.8 Å². The number of carbonyl (C=O) groups excluding carboxylic acids is 1. The van der Waals surface area contributed by atoms with Crippen molar-refractivity contribution in [1.82, 2.24) is 5.32 Å². The Balaban J connectivity index is 2.11. The van der Waals surface area contributed by atoms with Gasteiger partial charge in [-0.1, -0.05) is 30.9 Å². The van der Waals surface area contributed by atoms with Crippen molar-refractivity contribution in [3.63, 3.8) is 0 Å². The molecular weight excluding hydrogens is 288 g/mol. The van der Waals surface area contributed by atoms with E-state index in [1.54, 1.807) is 18.2 Å². The maximum atomic E-state index is 12.4. The van der Waals surface area contributed by atoms with Gasteiger partial charge < -0.3 is 10.1 Å². The first-order valence-electron chi connectivity index (χ1n) is 7.19. The molecule has 0 bridgehead atoms. The van der Waals surface area contributed by atoms with Crippen molar-refractivity contribution >= 4 is 17.5 Å². The Labute approximate surface area is 130 Å². The van der Waals surface area contributed by atoms with Crippen LogP contribution >= 0.6 is 11.6 Å². The van der Waals surface area contributed by atoms with E-state index in [9.17, 15) is 10.1 Å². The summed E-state index contributed by atoms with van der Waals surface area (Å²) in [6.07, 6.45) is 5.46. The summed E-state index contributed by atoms with van der Waals surface area (Å²) in [6, 6.07) is 6.63. The van der Waals surface area contributed by atoms with Gasteiger partial charge in [-0.2, -0.15) is 5.26 Å². The van der Waals surface area contributed by atoms with Gasteiger partial charge in [0.05, 0.1) is 18.7 Å². The topological polar surface area (TPSA) is 62.1 Å². The first kappa shape index (κ1) is 15.7. The first-order valence-corrected chi connectivity index (χ1v) is 7.57. The van der Waals surface area contributed by atoms with Crippen molar-refractivity contribution in [1.29, 1.82) is 5.26 Å². The molecule has 5 heteroatoms. The van der Waals surface area contributed by atoms with Gasteiger partial charge in [-0.15, -0.1) is 0 Å². The summed E-state index contributed by atoms with van der Waals surface area (Å²) in [5.74, 6) is 0.368. The number of hydrogen-bond donors (Lipinski definition) is 1. The predicted octanol–water partition coefficient (Wildman–Crippen LogP) is 3.55. The molecule has 1 aliphatic rings. The van der Waals surface area contributed by atoms with Gasteiger partial charge in [-0.25, -0.2) is 0 Å². The van der Waals surface area contributed by atoms with Crippen LogP contribution in [0.4, 0.5) is 0 Å². The fourth-order valence-corrected chi connectivity index (χ4v) is 2.96. The molecule has 1 unspecified atom stereocenters. The van der Waals surface area contributed by atoms with Gasteiger partial charge in [-0.05, 0) is 37.0 Å². The van der Waals surface area contributed by atoms with Crippen LogP contribution in [0.2, 0.25) is 5.02 Å². The molecule has 2 rings (SSSR count). The second-order valence-electron chi connectivity index (χ2n) is 5.32. The Morgan fingerprint density at radius 1 is 1.43 bits per heavy atom. The van der Waals surface area contributed by atoms with Gasteiger partial charge in [0.1, 0.15) is 11.8 Å². The van der Waals surface area contributed by atoms with Crippen molar-refractivity contribution in [2.24, 2.45) is 5.92 Å². The summed E-state index contributed by atoms with van der Waals surface area (Å²) in [4.78, 5) is 12.4. The van der Waals surface area contributed by atoms with Gasteiger partial charge in [0, 0.05) is 5.02 Å². The molecule has 1 saturated carbocycles. The zero-order valence-electron chi connectivity index (χ0n) is 12.1. The average molecular weight is 307 g/mol. The summed E-state index contributed by atoms with van der Waals surface area (Å²) in [7, 11) is 1.49. The number of methoxy groups -OCH3 is 1. The molecule has 1 aliphatic carbocycles. The first-order chi connectivity index (χ1) is 10.2.